The molecule has 0 atom stereocenters. The number of benzene rings is 2. The Balaban J connectivity index is 1.55. The van der Waals surface area contributed by atoms with Crippen LogP contribution in [0.3, 0.4) is 0 Å². The van der Waals surface area contributed by atoms with Crippen molar-refractivity contribution in [3.05, 3.63) is 72.8 Å². The molecule has 5 nitrogen and oxygen atoms in total. The lowest BCUT2D eigenvalue weighted by Crippen LogP contribution is -2.02. The van der Waals surface area contributed by atoms with Gasteiger partial charge in [-0.25, -0.2) is 4.98 Å². The fraction of sp³-hybridized carbons (Fsp3) is 0.167. The highest BCUT2D eigenvalue weighted by Gasteiger charge is 1.98. The van der Waals surface area contributed by atoms with E-state index in [0.717, 1.165) is 23.7 Å². The zero-order chi connectivity index (χ0) is 15.9. The fourth-order valence-corrected chi connectivity index (χ4v) is 2.23. The summed E-state index contributed by atoms with van der Waals surface area (Å²) in [5.74, 6) is 0.759. The first kappa shape index (κ1) is 15.1. The molecule has 0 aliphatic heterocycles. The second kappa shape index (κ2) is 7.47. The van der Waals surface area contributed by atoms with Crippen LogP contribution in [0.15, 0.2) is 67.3 Å². The van der Waals surface area contributed by atoms with E-state index < -0.39 is 0 Å². The standard InChI is InChI=1S/C18H19N3O2/c22-11-12-23-18-7-3-16(4-8-18)20-13-15-1-5-17(6-2-15)21-10-9-19-14-21/h1-10,14,20,22H,11-13H2. The third kappa shape index (κ3) is 4.11. The van der Waals surface area contributed by atoms with E-state index in [2.05, 4.69) is 34.6 Å². The Bertz CT molecular complexity index is 707. The number of aromatic nitrogens is 2. The number of nitrogens with zero attached hydrogens (tertiary/aromatic N) is 2. The van der Waals surface area contributed by atoms with Gasteiger partial charge >= 0.3 is 0 Å². The van der Waals surface area contributed by atoms with Crippen LogP contribution in [0, 0.1) is 0 Å². The lowest BCUT2D eigenvalue weighted by Gasteiger charge is -2.09. The van der Waals surface area contributed by atoms with E-state index in [-0.39, 0.29) is 6.61 Å². The summed E-state index contributed by atoms with van der Waals surface area (Å²) in [6, 6.07) is 16.1. The molecule has 0 bridgehead atoms. The summed E-state index contributed by atoms with van der Waals surface area (Å²) >= 11 is 0. The lowest BCUT2D eigenvalue weighted by atomic mass is 10.2. The first-order valence-electron chi connectivity index (χ1n) is 7.50. The molecule has 118 valence electrons. The van der Waals surface area contributed by atoms with Crippen molar-refractivity contribution < 1.29 is 9.84 Å². The van der Waals surface area contributed by atoms with Gasteiger partial charge in [-0.05, 0) is 42.0 Å². The molecule has 23 heavy (non-hydrogen) atoms. The van der Waals surface area contributed by atoms with Crippen LogP contribution in [0.2, 0.25) is 0 Å². The van der Waals surface area contributed by atoms with Crippen LogP contribution in [-0.4, -0.2) is 27.9 Å². The Morgan fingerprint density at radius 2 is 1.83 bits per heavy atom. The molecular formula is C18H19N3O2. The van der Waals surface area contributed by atoms with Crippen LogP contribution in [0.25, 0.3) is 5.69 Å². The fourth-order valence-electron chi connectivity index (χ4n) is 2.23. The summed E-state index contributed by atoms with van der Waals surface area (Å²) in [5, 5.41) is 12.1. The Kier molecular flexibility index (Phi) is 4.91. The average molecular weight is 309 g/mol. The Morgan fingerprint density at radius 3 is 2.48 bits per heavy atom. The Labute approximate surface area is 135 Å². The molecular weight excluding hydrogens is 290 g/mol. The van der Waals surface area contributed by atoms with Gasteiger partial charge in [0, 0.05) is 30.3 Å². The molecule has 0 amide bonds. The summed E-state index contributed by atoms with van der Waals surface area (Å²) < 4.78 is 7.31. The molecule has 0 fully saturated rings. The molecule has 0 aliphatic carbocycles. The number of aliphatic hydroxyl groups excluding tert-OH is 1. The van der Waals surface area contributed by atoms with Crippen molar-refractivity contribution in [3.8, 4) is 11.4 Å². The number of hydrogen-bond donors (Lipinski definition) is 2. The smallest absolute Gasteiger partial charge is 0.119 e. The van der Waals surface area contributed by atoms with Crippen LogP contribution in [0.4, 0.5) is 5.69 Å². The highest BCUT2D eigenvalue weighted by Crippen LogP contribution is 2.17. The van der Waals surface area contributed by atoms with Gasteiger partial charge in [0.25, 0.3) is 0 Å². The van der Waals surface area contributed by atoms with Crippen molar-refractivity contribution in [1.29, 1.82) is 0 Å². The maximum atomic E-state index is 8.73. The van der Waals surface area contributed by atoms with Crippen LogP contribution in [0.5, 0.6) is 5.75 Å². The molecule has 1 heterocycles. The van der Waals surface area contributed by atoms with Gasteiger partial charge in [-0.1, -0.05) is 12.1 Å². The van der Waals surface area contributed by atoms with Crippen LogP contribution < -0.4 is 10.1 Å². The third-order valence-corrected chi connectivity index (χ3v) is 3.45. The number of aliphatic hydroxyl groups is 1. The predicted molar refractivity (Wildman–Crippen MR) is 89.9 cm³/mol. The Morgan fingerprint density at radius 1 is 1.04 bits per heavy atom. The first-order valence-corrected chi connectivity index (χ1v) is 7.50. The zero-order valence-corrected chi connectivity index (χ0v) is 12.7. The number of anilines is 1. The molecule has 0 radical (unpaired) electrons. The van der Waals surface area contributed by atoms with Crippen molar-refractivity contribution in [3.63, 3.8) is 0 Å². The third-order valence-electron chi connectivity index (χ3n) is 3.45. The predicted octanol–water partition coefficient (Wildman–Crippen LogP) is 2.86. The second-order valence-electron chi connectivity index (χ2n) is 5.09. The minimum atomic E-state index is 0.0229. The van der Waals surface area contributed by atoms with Crippen molar-refractivity contribution in [2.75, 3.05) is 18.5 Å². The van der Waals surface area contributed by atoms with E-state index in [4.69, 9.17) is 9.84 Å². The van der Waals surface area contributed by atoms with Gasteiger partial charge in [-0.3, -0.25) is 0 Å². The summed E-state index contributed by atoms with van der Waals surface area (Å²) in [6.45, 7) is 1.09. The summed E-state index contributed by atoms with van der Waals surface area (Å²) in [5.41, 5.74) is 3.33. The lowest BCUT2D eigenvalue weighted by molar-refractivity contribution is 0.201. The summed E-state index contributed by atoms with van der Waals surface area (Å²) in [7, 11) is 0. The number of ether oxygens (including phenoxy) is 1. The summed E-state index contributed by atoms with van der Waals surface area (Å²) in [4.78, 5) is 4.05. The first-order chi connectivity index (χ1) is 11.3. The second-order valence-corrected chi connectivity index (χ2v) is 5.09. The van der Waals surface area contributed by atoms with Crippen molar-refractivity contribution in [1.82, 2.24) is 9.55 Å². The van der Waals surface area contributed by atoms with E-state index in [1.165, 1.54) is 5.56 Å². The maximum absolute atomic E-state index is 8.73. The topological polar surface area (TPSA) is 59.3 Å². The molecule has 0 saturated carbocycles. The number of nitrogens with one attached hydrogen (secondary N) is 1. The minimum absolute atomic E-state index is 0.0229. The molecule has 0 aliphatic rings. The van der Waals surface area contributed by atoms with E-state index in [1.807, 2.05) is 35.0 Å². The molecule has 3 rings (SSSR count). The van der Waals surface area contributed by atoms with Gasteiger partial charge < -0.3 is 19.7 Å². The monoisotopic (exact) mass is 309 g/mol. The van der Waals surface area contributed by atoms with Crippen LogP contribution in [-0.2, 0) is 6.54 Å². The molecule has 1 aromatic heterocycles. The molecule has 0 unspecified atom stereocenters. The van der Waals surface area contributed by atoms with E-state index in [1.54, 1.807) is 12.5 Å². The van der Waals surface area contributed by atoms with Crippen molar-refractivity contribution >= 4 is 5.69 Å². The summed E-state index contributed by atoms with van der Waals surface area (Å²) in [6.07, 6.45) is 5.48. The average Bonchev–Trinajstić information content (AvgIpc) is 3.14. The van der Waals surface area contributed by atoms with Gasteiger partial charge in [0.05, 0.1) is 12.9 Å². The molecule has 0 saturated heterocycles. The van der Waals surface area contributed by atoms with Gasteiger partial charge in [-0.2, -0.15) is 0 Å². The normalized spacial score (nSPS) is 10.5. The molecule has 3 aromatic rings. The van der Waals surface area contributed by atoms with Crippen LogP contribution in [0.1, 0.15) is 5.56 Å². The zero-order valence-electron chi connectivity index (χ0n) is 12.7. The molecule has 5 heteroatoms. The number of rotatable bonds is 7. The highest BCUT2D eigenvalue weighted by molar-refractivity contribution is 5.47. The van der Waals surface area contributed by atoms with E-state index in [9.17, 15) is 0 Å². The van der Waals surface area contributed by atoms with Gasteiger partial charge in [0.15, 0.2) is 0 Å². The number of hydrogen-bond acceptors (Lipinski definition) is 4. The highest BCUT2D eigenvalue weighted by atomic mass is 16.5. The molecule has 2 N–H and O–H groups in total. The van der Waals surface area contributed by atoms with E-state index in [0.29, 0.717) is 6.61 Å². The SMILES string of the molecule is OCCOc1ccc(NCc2ccc(-n3ccnc3)cc2)cc1. The van der Waals surface area contributed by atoms with Crippen LogP contribution >= 0.6 is 0 Å². The Hall–Kier alpha value is -2.79. The molecule has 2 aromatic carbocycles. The van der Waals surface area contributed by atoms with E-state index >= 15 is 0 Å². The van der Waals surface area contributed by atoms with Gasteiger partial charge in [0.2, 0.25) is 0 Å². The quantitative estimate of drug-likeness (QED) is 0.704. The van der Waals surface area contributed by atoms with Gasteiger partial charge in [0.1, 0.15) is 12.4 Å². The number of imidazole rings is 1. The van der Waals surface area contributed by atoms with Crippen molar-refractivity contribution in [2.24, 2.45) is 0 Å². The molecule has 0 spiro atoms. The van der Waals surface area contributed by atoms with Crippen molar-refractivity contribution in [2.45, 2.75) is 6.54 Å². The maximum Gasteiger partial charge on any atom is 0.119 e. The largest absolute Gasteiger partial charge is 0.491 e. The van der Waals surface area contributed by atoms with Gasteiger partial charge in [-0.15, -0.1) is 0 Å². The minimum Gasteiger partial charge on any atom is -0.491 e.